The molecule has 154 valence electrons. The van der Waals surface area contributed by atoms with Gasteiger partial charge in [-0.2, -0.15) is 0 Å². The highest BCUT2D eigenvalue weighted by atomic mass is 32.1. The molecular formula is C23H28N2O3S. The van der Waals surface area contributed by atoms with Gasteiger partial charge in [0.1, 0.15) is 5.75 Å². The lowest BCUT2D eigenvalue weighted by Crippen LogP contribution is -2.46. The van der Waals surface area contributed by atoms with E-state index in [0.717, 1.165) is 38.5 Å². The molecule has 1 N–H and O–H groups in total. The molecule has 2 aliphatic rings. The zero-order valence-corrected chi connectivity index (χ0v) is 17.5. The van der Waals surface area contributed by atoms with Crippen molar-refractivity contribution in [1.82, 2.24) is 10.2 Å². The summed E-state index contributed by atoms with van der Waals surface area (Å²) in [5.74, 6) is 1.16. The van der Waals surface area contributed by atoms with Crippen LogP contribution in [0.15, 0.2) is 47.8 Å². The third kappa shape index (κ3) is 4.47. The summed E-state index contributed by atoms with van der Waals surface area (Å²) in [7, 11) is 0. The summed E-state index contributed by atoms with van der Waals surface area (Å²) in [5.41, 5.74) is -0.325. The Morgan fingerprint density at radius 2 is 1.79 bits per heavy atom. The SMILES string of the molecule is O=C(Oc1ccccc1)N1CCC(CNC(=O)C2(c3cccs3)CCCC2)CC1. The van der Waals surface area contributed by atoms with Gasteiger partial charge in [-0.1, -0.05) is 37.1 Å². The molecule has 1 aliphatic heterocycles. The number of ether oxygens (including phenoxy) is 1. The fraction of sp³-hybridized carbons (Fsp3) is 0.478. The second-order valence-corrected chi connectivity index (χ2v) is 9.04. The van der Waals surface area contributed by atoms with E-state index in [1.807, 2.05) is 24.3 Å². The maximum atomic E-state index is 13.1. The monoisotopic (exact) mass is 412 g/mol. The van der Waals surface area contributed by atoms with Crippen LogP contribution in [0, 0.1) is 5.92 Å². The Hall–Kier alpha value is -2.34. The van der Waals surface area contributed by atoms with Crippen LogP contribution in [-0.4, -0.2) is 36.5 Å². The van der Waals surface area contributed by atoms with Crippen LogP contribution in [0.4, 0.5) is 4.79 Å². The molecule has 0 atom stereocenters. The van der Waals surface area contributed by atoms with Crippen molar-refractivity contribution >= 4 is 23.3 Å². The number of para-hydroxylation sites is 1. The number of thiophene rings is 1. The number of amides is 2. The number of benzene rings is 1. The highest BCUT2D eigenvalue weighted by Crippen LogP contribution is 2.43. The molecule has 6 heteroatoms. The van der Waals surface area contributed by atoms with E-state index in [4.69, 9.17) is 4.74 Å². The highest BCUT2D eigenvalue weighted by Gasteiger charge is 2.43. The lowest BCUT2D eigenvalue weighted by Gasteiger charge is -2.32. The zero-order chi connectivity index (χ0) is 20.1. The van der Waals surface area contributed by atoms with Gasteiger partial charge >= 0.3 is 6.09 Å². The topological polar surface area (TPSA) is 58.6 Å². The first-order valence-corrected chi connectivity index (χ1v) is 11.4. The van der Waals surface area contributed by atoms with Crippen molar-refractivity contribution in [1.29, 1.82) is 0 Å². The number of nitrogens with zero attached hydrogens (tertiary/aromatic N) is 1. The van der Waals surface area contributed by atoms with Crippen molar-refractivity contribution in [2.45, 2.75) is 43.9 Å². The molecule has 1 saturated heterocycles. The Morgan fingerprint density at radius 3 is 2.45 bits per heavy atom. The first-order valence-electron chi connectivity index (χ1n) is 10.5. The first kappa shape index (κ1) is 20.0. The minimum atomic E-state index is -0.325. The van der Waals surface area contributed by atoms with E-state index in [1.54, 1.807) is 28.4 Å². The lowest BCUT2D eigenvalue weighted by atomic mass is 9.83. The van der Waals surface area contributed by atoms with Crippen molar-refractivity contribution in [3.8, 4) is 5.75 Å². The van der Waals surface area contributed by atoms with Crippen molar-refractivity contribution in [3.05, 3.63) is 52.7 Å². The molecular weight excluding hydrogens is 384 g/mol. The van der Waals surface area contributed by atoms with Gasteiger partial charge in [0.2, 0.25) is 5.91 Å². The van der Waals surface area contributed by atoms with E-state index in [0.29, 0.717) is 31.3 Å². The average molecular weight is 413 g/mol. The normalized spacial score (nSPS) is 19.1. The summed E-state index contributed by atoms with van der Waals surface area (Å²) in [4.78, 5) is 28.4. The zero-order valence-electron chi connectivity index (χ0n) is 16.6. The first-order chi connectivity index (χ1) is 14.2. The maximum absolute atomic E-state index is 13.1. The third-order valence-corrected chi connectivity index (χ3v) is 7.33. The average Bonchev–Trinajstić information content (AvgIpc) is 3.46. The predicted octanol–water partition coefficient (Wildman–Crippen LogP) is 4.59. The largest absolute Gasteiger partial charge is 0.415 e. The van der Waals surface area contributed by atoms with Crippen LogP contribution < -0.4 is 10.1 Å². The Bertz CT molecular complexity index is 808. The van der Waals surface area contributed by atoms with E-state index in [2.05, 4.69) is 16.8 Å². The fourth-order valence-corrected chi connectivity index (χ4v) is 5.48. The fourth-order valence-electron chi connectivity index (χ4n) is 4.49. The summed E-state index contributed by atoms with van der Waals surface area (Å²) in [6.45, 7) is 2.03. The minimum Gasteiger partial charge on any atom is -0.410 e. The summed E-state index contributed by atoms with van der Waals surface area (Å²) in [6.07, 6.45) is 5.61. The maximum Gasteiger partial charge on any atom is 0.415 e. The summed E-state index contributed by atoms with van der Waals surface area (Å²) in [5, 5.41) is 5.30. The quantitative estimate of drug-likeness (QED) is 0.782. The van der Waals surface area contributed by atoms with E-state index in [1.165, 1.54) is 4.88 Å². The Kier molecular flexibility index (Phi) is 6.19. The molecule has 2 aromatic rings. The summed E-state index contributed by atoms with van der Waals surface area (Å²) < 4.78 is 5.43. The van der Waals surface area contributed by atoms with Crippen LogP contribution in [0.2, 0.25) is 0 Å². The molecule has 0 bridgehead atoms. The second kappa shape index (κ2) is 8.99. The standard InChI is InChI=1S/C23H28N2O3S/c26-21(23(12-4-5-13-23)20-9-6-16-29-20)24-17-18-10-14-25(15-11-18)22(27)28-19-7-2-1-3-8-19/h1-3,6-9,16,18H,4-5,10-15,17H2,(H,24,26). The molecule has 0 radical (unpaired) electrons. The predicted molar refractivity (Wildman–Crippen MR) is 114 cm³/mol. The molecule has 5 nitrogen and oxygen atoms in total. The van der Waals surface area contributed by atoms with Gasteiger partial charge in [0, 0.05) is 24.5 Å². The molecule has 2 amide bonds. The minimum absolute atomic E-state index is 0.184. The van der Waals surface area contributed by atoms with Gasteiger partial charge in [0.05, 0.1) is 5.41 Å². The molecule has 1 saturated carbocycles. The highest BCUT2D eigenvalue weighted by molar-refractivity contribution is 7.10. The van der Waals surface area contributed by atoms with E-state index in [-0.39, 0.29) is 17.4 Å². The Balaban J connectivity index is 1.26. The number of hydrogen-bond donors (Lipinski definition) is 1. The molecule has 4 rings (SSSR count). The van der Waals surface area contributed by atoms with Crippen molar-refractivity contribution in [3.63, 3.8) is 0 Å². The number of nitrogens with one attached hydrogen (secondary N) is 1. The summed E-state index contributed by atoms with van der Waals surface area (Å²) in [6, 6.07) is 13.3. The molecule has 2 heterocycles. The van der Waals surface area contributed by atoms with E-state index >= 15 is 0 Å². The van der Waals surface area contributed by atoms with Crippen molar-refractivity contribution < 1.29 is 14.3 Å². The number of piperidine rings is 1. The van der Waals surface area contributed by atoms with Crippen LogP contribution >= 0.6 is 11.3 Å². The molecule has 1 aromatic carbocycles. The van der Waals surface area contributed by atoms with Crippen molar-refractivity contribution in [2.75, 3.05) is 19.6 Å². The van der Waals surface area contributed by atoms with Crippen LogP contribution in [0.1, 0.15) is 43.4 Å². The molecule has 0 spiro atoms. The van der Waals surface area contributed by atoms with Crippen LogP contribution in [-0.2, 0) is 10.2 Å². The number of rotatable bonds is 5. The molecule has 2 fully saturated rings. The molecule has 0 unspecified atom stereocenters. The van der Waals surface area contributed by atoms with Crippen LogP contribution in [0.3, 0.4) is 0 Å². The van der Waals surface area contributed by atoms with Gasteiger partial charge in [-0.15, -0.1) is 11.3 Å². The molecule has 1 aromatic heterocycles. The molecule has 1 aliphatic carbocycles. The number of carbonyl (C=O) groups excluding carboxylic acids is 2. The van der Waals surface area contributed by atoms with Crippen LogP contribution in [0.5, 0.6) is 5.75 Å². The van der Waals surface area contributed by atoms with Gasteiger partial charge in [-0.05, 0) is 55.2 Å². The molecule has 29 heavy (non-hydrogen) atoms. The van der Waals surface area contributed by atoms with Gasteiger partial charge in [-0.25, -0.2) is 4.79 Å². The smallest absolute Gasteiger partial charge is 0.410 e. The van der Waals surface area contributed by atoms with Gasteiger partial charge in [0.25, 0.3) is 0 Å². The lowest BCUT2D eigenvalue weighted by molar-refractivity contribution is -0.126. The number of carbonyl (C=O) groups is 2. The number of hydrogen-bond acceptors (Lipinski definition) is 4. The Morgan fingerprint density at radius 1 is 1.07 bits per heavy atom. The van der Waals surface area contributed by atoms with Gasteiger partial charge in [-0.3, -0.25) is 4.79 Å². The van der Waals surface area contributed by atoms with Crippen molar-refractivity contribution in [2.24, 2.45) is 5.92 Å². The number of likely N-dealkylation sites (tertiary alicyclic amines) is 1. The van der Waals surface area contributed by atoms with Gasteiger partial charge < -0.3 is 15.0 Å². The third-order valence-electron chi connectivity index (χ3n) is 6.26. The summed E-state index contributed by atoms with van der Waals surface area (Å²) >= 11 is 1.69. The van der Waals surface area contributed by atoms with E-state index in [9.17, 15) is 9.59 Å². The Labute approximate surface area is 176 Å². The van der Waals surface area contributed by atoms with Gasteiger partial charge in [0.15, 0.2) is 0 Å². The van der Waals surface area contributed by atoms with E-state index < -0.39 is 0 Å². The van der Waals surface area contributed by atoms with Crippen LogP contribution in [0.25, 0.3) is 0 Å². The second-order valence-electron chi connectivity index (χ2n) is 8.09.